The Labute approximate surface area is 154 Å². The lowest BCUT2D eigenvalue weighted by Crippen LogP contribution is -2.28. The first-order valence-corrected chi connectivity index (χ1v) is 8.84. The van der Waals surface area contributed by atoms with E-state index in [0.717, 1.165) is 50.0 Å². The summed E-state index contributed by atoms with van der Waals surface area (Å²) in [7, 11) is 0. The van der Waals surface area contributed by atoms with Crippen molar-refractivity contribution in [2.45, 2.75) is 45.2 Å². The number of para-hydroxylation sites is 2. The number of amides is 1. The van der Waals surface area contributed by atoms with E-state index in [1.54, 1.807) is 0 Å². The molecule has 1 saturated heterocycles. The fourth-order valence-electron chi connectivity index (χ4n) is 3.20. The largest absolute Gasteiger partial charge is 0.382 e. The number of nitrogens with one attached hydrogen (secondary N) is 2. The van der Waals surface area contributed by atoms with E-state index in [1.165, 1.54) is 0 Å². The molecular weight excluding hydrogens is 340 g/mol. The number of rotatable bonds is 8. The number of imidazole rings is 1. The number of ether oxygens (including phenoxy) is 1. The SMILES string of the molecule is CCOCCCn1c(NC(=O)CC2CCCN2)nc2ccccc21.Cl. The summed E-state index contributed by atoms with van der Waals surface area (Å²) in [6.45, 7) is 5.21. The number of hydrogen-bond acceptors (Lipinski definition) is 4. The first-order valence-electron chi connectivity index (χ1n) is 8.84. The predicted octanol–water partition coefficient (Wildman–Crippen LogP) is 2.97. The number of aryl methyl sites for hydroxylation is 1. The Morgan fingerprint density at radius 3 is 3.04 bits per heavy atom. The van der Waals surface area contributed by atoms with Crippen molar-refractivity contribution in [2.75, 3.05) is 25.1 Å². The average molecular weight is 367 g/mol. The van der Waals surface area contributed by atoms with Gasteiger partial charge in [0.05, 0.1) is 11.0 Å². The quantitative estimate of drug-likeness (QED) is 0.705. The van der Waals surface area contributed by atoms with Crippen LogP contribution in [0.15, 0.2) is 24.3 Å². The molecule has 1 aromatic carbocycles. The molecule has 7 heteroatoms. The number of fused-ring (bicyclic) bond motifs is 1. The lowest BCUT2D eigenvalue weighted by Gasteiger charge is -2.12. The van der Waals surface area contributed by atoms with Crippen LogP contribution < -0.4 is 10.6 Å². The van der Waals surface area contributed by atoms with Gasteiger partial charge in [0.25, 0.3) is 0 Å². The van der Waals surface area contributed by atoms with Crippen LogP contribution in [0.5, 0.6) is 0 Å². The molecule has 0 spiro atoms. The summed E-state index contributed by atoms with van der Waals surface area (Å²) in [6.07, 6.45) is 3.61. The Morgan fingerprint density at radius 1 is 1.44 bits per heavy atom. The van der Waals surface area contributed by atoms with Crippen LogP contribution in [-0.2, 0) is 16.1 Å². The highest BCUT2D eigenvalue weighted by atomic mass is 35.5. The predicted molar refractivity (Wildman–Crippen MR) is 102 cm³/mol. The Balaban J connectivity index is 0.00000225. The summed E-state index contributed by atoms with van der Waals surface area (Å²) in [5.74, 6) is 0.659. The molecule has 6 nitrogen and oxygen atoms in total. The minimum absolute atomic E-state index is 0. The second-order valence-corrected chi connectivity index (χ2v) is 6.17. The lowest BCUT2D eigenvalue weighted by atomic mass is 10.1. The lowest BCUT2D eigenvalue weighted by molar-refractivity contribution is -0.116. The maximum absolute atomic E-state index is 12.3. The van der Waals surface area contributed by atoms with Crippen molar-refractivity contribution < 1.29 is 9.53 Å². The normalized spacial score (nSPS) is 16.8. The van der Waals surface area contributed by atoms with Gasteiger partial charge >= 0.3 is 0 Å². The maximum Gasteiger partial charge on any atom is 0.228 e. The van der Waals surface area contributed by atoms with Crippen LogP contribution >= 0.6 is 12.4 Å². The first-order chi connectivity index (χ1) is 11.8. The highest BCUT2D eigenvalue weighted by Crippen LogP contribution is 2.20. The Morgan fingerprint density at radius 2 is 2.28 bits per heavy atom. The molecule has 1 aliphatic rings. The van der Waals surface area contributed by atoms with E-state index in [2.05, 4.69) is 20.2 Å². The van der Waals surface area contributed by atoms with Crippen molar-refractivity contribution in [3.05, 3.63) is 24.3 Å². The highest BCUT2D eigenvalue weighted by molar-refractivity contribution is 5.91. The Bertz CT molecular complexity index is 683. The molecule has 0 saturated carbocycles. The average Bonchev–Trinajstić information content (AvgIpc) is 3.19. The monoisotopic (exact) mass is 366 g/mol. The Hall–Kier alpha value is -1.63. The van der Waals surface area contributed by atoms with Gasteiger partial charge in [0.15, 0.2) is 0 Å². The van der Waals surface area contributed by atoms with Gasteiger partial charge in [-0.3, -0.25) is 10.1 Å². The van der Waals surface area contributed by atoms with Crippen molar-refractivity contribution in [3.63, 3.8) is 0 Å². The topological polar surface area (TPSA) is 68.2 Å². The van der Waals surface area contributed by atoms with Gasteiger partial charge in [0.2, 0.25) is 11.9 Å². The molecule has 2 heterocycles. The molecule has 1 unspecified atom stereocenters. The number of hydrogen-bond donors (Lipinski definition) is 2. The van der Waals surface area contributed by atoms with Crippen LogP contribution in [0.3, 0.4) is 0 Å². The van der Waals surface area contributed by atoms with E-state index < -0.39 is 0 Å². The first kappa shape index (κ1) is 19.7. The number of carbonyl (C=O) groups is 1. The van der Waals surface area contributed by atoms with E-state index in [9.17, 15) is 4.79 Å². The molecule has 0 radical (unpaired) electrons. The number of halogens is 1. The molecule has 1 fully saturated rings. The van der Waals surface area contributed by atoms with Crippen LogP contribution in [0, 0.1) is 0 Å². The number of carbonyl (C=O) groups excluding carboxylic acids is 1. The third-order valence-electron chi connectivity index (χ3n) is 4.37. The van der Waals surface area contributed by atoms with E-state index in [-0.39, 0.29) is 18.3 Å². The number of nitrogens with zero attached hydrogens (tertiary/aromatic N) is 2. The molecule has 3 rings (SSSR count). The van der Waals surface area contributed by atoms with Crippen molar-refractivity contribution in [1.29, 1.82) is 0 Å². The van der Waals surface area contributed by atoms with Gasteiger partial charge in [0.1, 0.15) is 0 Å². The molecule has 1 aromatic heterocycles. The van der Waals surface area contributed by atoms with Gasteiger partial charge in [-0.05, 0) is 44.9 Å². The summed E-state index contributed by atoms with van der Waals surface area (Å²) < 4.78 is 7.50. The third kappa shape index (κ3) is 5.17. The van der Waals surface area contributed by atoms with E-state index in [4.69, 9.17) is 4.74 Å². The van der Waals surface area contributed by atoms with E-state index >= 15 is 0 Å². The zero-order valence-corrected chi connectivity index (χ0v) is 15.5. The Kier molecular flexibility index (Phi) is 7.68. The van der Waals surface area contributed by atoms with Crippen LogP contribution in [0.4, 0.5) is 5.95 Å². The smallest absolute Gasteiger partial charge is 0.228 e. The maximum atomic E-state index is 12.3. The second kappa shape index (κ2) is 9.75. The number of aromatic nitrogens is 2. The van der Waals surface area contributed by atoms with Crippen LogP contribution in [-0.4, -0.2) is 41.3 Å². The molecule has 138 valence electrons. The standard InChI is InChI=1S/C18H26N4O2.ClH/c1-2-24-12-6-11-22-16-9-4-3-8-15(16)20-18(22)21-17(23)13-14-7-5-10-19-14;/h3-4,8-9,14,19H,2,5-7,10-13H2,1H3,(H,20,21,23);1H. The molecule has 1 amide bonds. The van der Waals surface area contributed by atoms with Crippen LogP contribution in [0.2, 0.25) is 0 Å². The third-order valence-corrected chi connectivity index (χ3v) is 4.37. The van der Waals surface area contributed by atoms with Crippen molar-refractivity contribution >= 4 is 35.3 Å². The molecule has 1 atom stereocenters. The summed E-state index contributed by atoms with van der Waals surface area (Å²) in [4.78, 5) is 16.9. The molecular formula is C18H27ClN4O2. The van der Waals surface area contributed by atoms with Crippen LogP contribution in [0.1, 0.15) is 32.6 Å². The minimum atomic E-state index is 0. The van der Waals surface area contributed by atoms with E-state index in [1.807, 2.05) is 31.2 Å². The van der Waals surface area contributed by atoms with Crippen molar-refractivity contribution in [1.82, 2.24) is 14.9 Å². The van der Waals surface area contributed by atoms with Gasteiger partial charge in [-0.15, -0.1) is 12.4 Å². The zero-order valence-electron chi connectivity index (χ0n) is 14.7. The fourth-order valence-corrected chi connectivity index (χ4v) is 3.20. The van der Waals surface area contributed by atoms with Crippen molar-refractivity contribution in [2.24, 2.45) is 0 Å². The summed E-state index contributed by atoms with van der Waals surface area (Å²) in [5.41, 5.74) is 1.95. The highest BCUT2D eigenvalue weighted by Gasteiger charge is 2.19. The number of anilines is 1. The summed E-state index contributed by atoms with van der Waals surface area (Å²) >= 11 is 0. The summed E-state index contributed by atoms with van der Waals surface area (Å²) in [5, 5.41) is 6.36. The summed E-state index contributed by atoms with van der Waals surface area (Å²) in [6, 6.07) is 8.27. The molecule has 0 bridgehead atoms. The fraction of sp³-hybridized carbons (Fsp3) is 0.556. The van der Waals surface area contributed by atoms with Gasteiger partial charge in [-0.2, -0.15) is 0 Å². The van der Waals surface area contributed by atoms with Crippen molar-refractivity contribution in [3.8, 4) is 0 Å². The molecule has 0 aliphatic carbocycles. The molecule has 2 aromatic rings. The van der Waals surface area contributed by atoms with E-state index in [0.29, 0.717) is 25.0 Å². The van der Waals surface area contributed by atoms with Gasteiger partial charge in [0, 0.05) is 32.2 Å². The van der Waals surface area contributed by atoms with Gasteiger partial charge in [-0.1, -0.05) is 12.1 Å². The molecule has 1 aliphatic heterocycles. The van der Waals surface area contributed by atoms with Gasteiger partial charge in [-0.25, -0.2) is 4.98 Å². The zero-order chi connectivity index (χ0) is 16.8. The number of benzene rings is 1. The minimum Gasteiger partial charge on any atom is -0.382 e. The second-order valence-electron chi connectivity index (χ2n) is 6.17. The molecule has 2 N–H and O–H groups in total. The van der Waals surface area contributed by atoms with Gasteiger partial charge < -0.3 is 14.6 Å². The molecule has 25 heavy (non-hydrogen) atoms. The van der Waals surface area contributed by atoms with Crippen LogP contribution in [0.25, 0.3) is 11.0 Å².